The number of hydrogen-bond acceptors (Lipinski definition) is 5. The van der Waals surface area contributed by atoms with Gasteiger partial charge in [0.1, 0.15) is 5.54 Å². The summed E-state index contributed by atoms with van der Waals surface area (Å²) in [5.74, 6) is -0.144. The van der Waals surface area contributed by atoms with Gasteiger partial charge >= 0.3 is 7.12 Å². The molecule has 2 aliphatic heterocycles. The van der Waals surface area contributed by atoms with Crippen molar-refractivity contribution < 1.29 is 18.9 Å². The number of nitrogens with zero attached hydrogens (tertiary/aromatic N) is 1. The first-order chi connectivity index (χ1) is 16.5. The molecular formula is C28H46BN3O4. The topological polar surface area (TPSA) is 79.9 Å². The van der Waals surface area contributed by atoms with E-state index in [-0.39, 0.29) is 42.1 Å². The van der Waals surface area contributed by atoms with E-state index in [9.17, 15) is 9.59 Å². The first-order valence-electron chi connectivity index (χ1n) is 13.3. The highest BCUT2D eigenvalue weighted by atomic mass is 16.7. The van der Waals surface area contributed by atoms with Crippen LogP contribution in [0.5, 0.6) is 0 Å². The minimum atomic E-state index is -1.03. The zero-order valence-corrected chi connectivity index (χ0v) is 23.7. The molecule has 0 saturated carbocycles. The molecule has 7 nitrogen and oxygen atoms in total. The number of carbonyl (C=O) groups excluding carboxylic acids is 2. The molecule has 2 saturated heterocycles. The quantitative estimate of drug-likeness (QED) is 0.551. The predicted octanol–water partition coefficient (Wildman–Crippen LogP) is 4.17. The van der Waals surface area contributed by atoms with Crippen LogP contribution >= 0.6 is 0 Å². The molecule has 0 aromatic heterocycles. The van der Waals surface area contributed by atoms with Crippen molar-refractivity contribution >= 4 is 18.9 Å². The number of benzene rings is 1. The molecule has 0 bridgehead atoms. The smallest absolute Gasteiger partial charge is 0.403 e. The molecule has 0 spiro atoms. The SMILES string of the molecule is CC(=O)N[C@]1(C(=O)NC(C)(C)C)C[C@H](CCB2OC(C)(C)C(C)(C)O2)CN(Cc2ccccc2)[C@H]1C. The molecule has 8 heteroatoms. The fourth-order valence-corrected chi connectivity index (χ4v) is 5.42. The fourth-order valence-electron chi connectivity index (χ4n) is 5.42. The van der Waals surface area contributed by atoms with Gasteiger partial charge in [0.25, 0.3) is 0 Å². The Morgan fingerprint density at radius 1 is 1.08 bits per heavy atom. The summed E-state index contributed by atoms with van der Waals surface area (Å²) in [4.78, 5) is 28.7. The van der Waals surface area contributed by atoms with Gasteiger partial charge in [0.05, 0.1) is 11.2 Å². The highest BCUT2D eigenvalue weighted by molar-refractivity contribution is 6.45. The van der Waals surface area contributed by atoms with Crippen LogP contribution in [0.4, 0.5) is 0 Å². The van der Waals surface area contributed by atoms with E-state index in [1.807, 2.05) is 39.0 Å². The maximum absolute atomic E-state index is 13.9. The molecule has 2 heterocycles. The average molecular weight is 500 g/mol. The van der Waals surface area contributed by atoms with Crippen LogP contribution < -0.4 is 10.6 Å². The number of amides is 2. The molecule has 3 atom stereocenters. The third-order valence-corrected chi connectivity index (χ3v) is 8.00. The maximum Gasteiger partial charge on any atom is 0.457 e. The molecule has 2 fully saturated rings. The van der Waals surface area contributed by atoms with E-state index in [1.54, 1.807) is 0 Å². The molecule has 0 aliphatic carbocycles. The number of likely N-dealkylation sites (tertiary alicyclic amines) is 1. The first-order valence-corrected chi connectivity index (χ1v) is 13.3. The van der Waals surface area contributed by atoms with E-state index < -0.39 is 11.1 Å². The summed E-state index contributed by atoms with van der Waals surface area (Å²) in [7, 11) is -0.282. The average Bonchev–Trinajstić information content (AvgIpc) is 2.95. The second-order valence-electron chi connectivity index (χ2n) is 12.8. The standard InChI is InChI=1S/C28H46BN3O4/c1-20-28(30-21(2)33,24(34)31-25(3,4)5)17-23(19-32(20)18-22-13-11-10-12-14-22)15-16-29-35-26(6,7)27(8,9)36-29/h10-14,20,23H,15-19H2,1-9H3,(H,30,33)(H,31,34)/t20-,23-,28+/m0/s1. The zero-order valence-electron chi connectivity index (χ0n) is 23.7. The lowest BCUT2D eigenvalue weighted by atomic mass is 9.71. The van der Waals surface area contributed by atoms with E-state index in [2.05, 4.69) is 62.3 Å². The second-order valence-corrected chi connectivity index (χ2v) is 12.8. The minimum absolute atomic E-state index is 0.129. The van der Waals surface area contributed by atoms with Gasteiger partial charge in [0, 0.05) is 31.6 Å². The molecule has 2 amide bonds. The van der Waals surface area contributed by atoms with E-state index in [0.717, 1.165) is 19.3 Å². The number of nitrogens with one attached hydrogen (secondary N) is 2. The molecule has 3 rings (SSSR count). The number of rotatable bonds is 7. The number of carbonyl (C=O) groups is 2. The van der Waals surface area contributed by atoms with Gasteiger partial charge in [-0.1, -0.05) is 36.8 Å². The Labute approximate surface area is 218 Å². The number of hydrogen-bond donors (Lipinski definition) is 2. The van der Waals surface area contributed by atoms with Crippen molar-refractivity contribution in [1.29, 1.82) is 0 Å². The molecule has 0 unspecified atom stereocenters. The van der Waals surface area contributed by atoms with Crippen LogP contribution in [-0.2, 0) is 25.4 Å². The third kappa shape index (κ3) is 6.50. The second kappa shape index (κ2) is 10.5. The minimum Gasteiger partial charge on any atom is -0.403 e. The highest BCUT2D eigenvalue weighted by Gasteiger charge is 2.54. The normalized spacial score (nSPS) is 28.1. The van der Waals surface area contributed by atoms with Crippen LogP contribution in [0, 0.1) is 5.92 Å². The maximum atomic E-state index is 13.9. The van der Waals surface area contributed by atoms with Crippen molar-refractivity contribution in [3.8, 4) is 0 Å². The van der Waals surface area contributed by atoms with Gasteiger partial charge in [0.2, 0.25) is 11.8 Å². The summed E-state index contributed by atoms with van der Waals surface area (Å²) >= 11 is 0. The zero-order chi connectivity index (χ0) is 26.9. The van der Waals surface area contributed by atoms with Gasteiger partial charge in [-0.05, 0) is 79.6 Å². The number of piperidine rings is 1. The fraction of sp³-hybridized carbons (Fsp3) is 0.714. The van der Waals surface area contributed by atoms with E-state index >= 15 is 0 Å². The molecule has 36 heavy (non-hydrogen) atoms. The van der Waals surface area contributed by atoms with Crippen molar-refractivity contribution in [3.05, 3.63) is 35.9 Å². The Hall–Kier alpha value is -1.90. The Bertz CT molecular complexity index is 914. The third-order valence-electron chi connectivity index (χ3n) is 8.00. The van der Waals surface area contributed by atoms with E-state index in [0.29, 0.717) is 13.0 Å². The van der Waals surface area contributed by atoms with Crippen molar-refractivity contribution in [3.63, 3.8) is 0 Å². The molecular weight excluding hydrogens is 453 g/mol. The van der Waals surface area contributed by atoms with Crippen molar-refractivity contribution in [1.82, 2.24) is 15.5 Å². The predicted molar refractivity (Wildman–Crippen MR) is 144 cm³/mol. The lowest BCUT2D eigenvalue weighted by Crippen LogP contribution is -2.72. The van der Waals surface area contributed by atoms with E-state index in [1.165, 1.54) is 12.5 Å². The van der Waals surface area contributed by atoms with Crippen LogP contribution in [0.15, 0.2) is 30.3 Å². The Kier molecular flexibility index (Phi) is 8.33. The van der Waals surface area contributed by atoms with Crippen molar-refractivity contribution in [2.45, 2.75) is 116 Å². The monoisotopic (exact) mass is 499 g/mol. The van der Waals surface area contributed by atoms with Gasteiger partial charge in [-0.25, -0.2) is 0 Å². The molecule has 200 valence electrons. The highest BCUT2D eigenvalue weighted by Crippen LogP contribution is 2.40. The van der Waals surface area contributed by atoms with Crippen molar-refractivity contribution in [2.75, 3.05) is 6.54 Å². The summed E-state index contributed by atoms with van der Waals surface area (Å²) in [5.41, 5.74) is -1.01. The van der Waals surface area contributed by atoms with Crippen LogP contribution in [0.3, 0.4) is 0 Å². The van der Waals surface area contributed by atoms with Gasteiger partial charge in [0.15, 0.2) is 0 Å². The summed E-state index contributed by atoms with van der Waals surface area (Å²) < 4.78 is 12.5. The Balaban J connectivity index is 1.88. The molecule has 2 aliphatic rings. The van der Waals surface area contributed by atoms with Crippen LogP contribution in [0.2, 0.25) is 6.32 Å². The summed E-state index contributed by atoms with van der Waals surface area (Å²) in [6.07, 6.45) is 2.14. The van der Waals surface area contributed by atoms with Crippen molar-refractivity contribution in [2.24, 2.45) is 5.92 Å². The van der Waals surface area contributed by atoms with Gasteiger partial charge < -0.3 is 19.9 Å². The van der Waals surface area contributed by atoms with Crippen LogP contribution in [0.25, 0.3) is 0 Å². The van der Waals surface area contributed by atoms with Gasteiger partial charge in [-0.2, -0.15) is 0 Å². The summed E-state index contributed by atoms with van der Waals surface area (Å²) in [6, 6.07) is 10.1. The molecule has 1 aromatic rings. The van der Waals surface area contributed by atoms with E-state index in [4.69, 9.17) is 9.31 Å². The first kappa shape index (κ1) is 28.7. The Morgan fingerprint density at radius 3 is 2.19 bits per heavy atom. The molecule has 0 radical (unpaired) electrons. The lowest BCUT2D eigenvalue weighted by Gasteiger charge is -2.51. The lowest BCUT2D eigenvalue weighted by molar-refractivity contribution is -0.141. The largest absolute Gasteiger partial charge is 0.457 e. The summed E-state index contributed by atoms with van der Waals surface area (Å²) in [6.45, 7) is 19.3. The molecule has 2 N–H and O–H groups in total. The van der Waals surface area contributed by atoms with Gasteiger partial charge in [-0.3, -0.25) is 14.5 Å². The van der Waals surface area contributed by atoms with Gasteiger partial charge in [-0.15, -0.1) is 0 Å². The summed E-state index contributed by atoms with van der Waals surface area (Å²) in [5, 5.41) is 6.27. The van der Waals surface area contributed by atoms with Crippen LogP contribution in [0.1, 0.15) is 80.7 Å². The molecule has 1 aromatic carbocycles. The Morgan fingerprint density at radius 2 is 1.67 bits per heavy atom. The van der Waals surface area contributed by atoms with Crippen LogP contribution in [-0.4, -0.2) is 58.7 Å².